The second kappa shape index (κ2) is 9.13. The molecule has 4 rings (SSSR count). The van der Waals surface area contributed by atoms with Crippen molar-refractivity contribution in [2.75, 3.05) is 23.7 Å². The van der Waals surface area contributed by atoms with Crippen LogP contribution in [0.25, 0.3) is 10.9 Å². The second-order valence-electron chi connectivity index (χ2n) is 8.38. The van der Waals surface area contributed by atoms with Crippen LogP contribution in [0.2, 0.25) is 0 Å². The normalized spacial score (nSPS) is 15.2. The third kappa shape index (κ3) is 4.74. The first-order valence-electron chi connectivity index (χ1n) is 10.7. The Balaban J connectivity index is 1.54. The van der Waals surface area contributed by atoms with Crippen LogP contribution < -0.4 is 21.3 Å². The Morgan fingerprint density at radius 2 is 1.84 bits per heavy atom. The summed E-state index contributed by atoms with van der Waals surface area (Å²) in [7, 11) is 0. The number of anilines is 2. The van der Waals surface area contributed by atoms with Crippen molar-refractivity contribution in [3.63, 3.8) is 0 Å². The molecule has 8 nitrogen and oxygen atoms in total. The van der Waals surface area contributed by atoms with Crippen LogP contribution in [0.4, 0.5) is 16.2 Å². The Hall–Kier alpha value is -3.81. The minimum Gasteiger partial charge on any atom is -0.349 e. The van der Waals surface area contributed by atoms with Gasteiger partial charge in [0.15, 0.2) is 0 Å². The van der Waals surface area contributed by atoms with Gasteiger partial charge < -0.3 is 25.8 Å². The van der Waals surface area contributed by atoms with Crippen molar-refractivity contribution < 1.29 is 14.4 Å². The minimum atomic E-state index is -0.268. The van der Waals surface area contributed by atoms with Gasteiger partial charge in [0.05, 0.1) is 6.04 Å². The number of rotatable bonds is 6. The third-order valence-electron chi connectivity index (χ3n) is 5.34. The van der Waals surface area contributed by atoms with Gasteiger partial charge >= 0.3 is 6.03 Å². The number of amides is 4. The fourth-order valence-electron chi connectivity index (χ4n) is 3.86. The molecule has 4 N–H and O–H groups in total. The molecule has 0 radical (unpaired) electrons. The maximum atomic E-state index is 12.6. The summed E-state index contributed by atoms with van der Waals surface area (Å²) >= 11 is 0. The van der Waals surface area contributed by atoms with Crippen molar-refractivity contribution in [1.29, 1.82) is 0 Å². The van der Waals surface area contributed by atoms with Gasteiger partial charge in [-0.05, 0) is 42.3 Å². The van der Waals surface area contributed by atoms with E-state index in [1.165, 1.54) is 0 Å². The van der Waals surface area contributed by atoms with E-state index < -0.39 is 0 Å². The summed E-state index contributed by atoms with van der Waals surface area (Å²) in [5, 5.41) is 12.2. The van der Waals surface area contributed by atoms with E-state index in [0.717, 1.165) is 16.6 Å². The molecule has 0 spiro atoms. The number of hydrogen-bond acceptors (Lipinski definition) is 3. The Bertz CT molecular complexity index is 1150. The lowest BCUT2D eigenvalue weighted by Crippen LogP contribution is -2.40. The van der Waals surface area contributed by atoms with Crippen LogP contribution in [-0.2, 0) is 4.79 Å². The highest BCUT2D eigenvalue weighted by Crippen LogP contribution is 2.30. The van der Waals surface area contributed by atoms with Gasteiger partial charge in [-0.1, -0.05) is 32.0 Å². The summed E-state index contributed by atoms with van der Waals surface area (Å²) in [6, 6.07) is 16.1. The number of nitrogens with zero attached hydrogens (tertiary/aromatic N) is 1. The molecule has 4 amide bonds. The first-order valence-corrected chi connectivity index (χ1v) is 10.7. The van der Waals surface area contributed by atoms with Crippen LogP contribution in [0, 0.1) is 5.92 Å². The number of fused-ring (bicyclic) bond motifs is 3. The molecule has 8 heteroatoms. The quantitative estimate of drug-likeness (QED) is 0.476. The van der Waals surface area contributed by atoms with Gasteiger partial charge in [0.2, 0.25) is 5.91 Å². The molecule has 3 aromatic rings. The first kappa shape index (κ1) is 21.4. The number of nitrogens with one attached hydrogen (secondary N) is 4. The van der Waals surface area contributed by atoms with E-state index in [1.54, 1.807) is 12.1 Å². The topological polar surface area (TPSA) is 104 Å². The van der Waals surface area contributed by atoms with E-state index >= 15 is 0 Å². The molecule has 0 fully saturated rings. The molecule has 1 aromatic heterocycles. The Morgan fingerprint density at radius 3 is 2.59 bits per heavy atom. The molecule has 1 aliphatic heterocycles. The fraction of sp³-hybridized carbons (Fsp3) is 0.292. The molecule has 1 unspecified atom stereocenters. The molecule has 0 aliphatic carbocycles. The molecular weight excluding hydrogens is 406 g/mol. The standard InChI is InChI=1S/C24H27N5O3/c1-15(2)13-26-24(32)28-18-8-9-20-16(10-18)11-21-23(31)25-14-19(29(20)21)12-22(30)27-17-6-4-3-5-7-17/h3-11,15,19H,12-14H2,1-2H3,(H,25,31)(H,27,30)(H2,26,28,32). The summed E-state index contributed by atoms with van der Waals surface area (Å²) in [5.41, 5.74) is 2.73. The lowest BCUT2D eigenvalue weighted by molar-refractivity contribution is -0.116. The number of carbonyl (C=O) groups excluding carboxylic acids is 3. The van der Waals surface area contributed by atoms with E-state index in [-0.39, 0.29) is 30.3 Å². The first-order chi connectivity index (χ1) is 15.4. The van der Waals surface area contributed by atoms with E-state index in [9.17, 15) is 14.4 Å². The average molecular weight is 434 g/mol. The largest absolute Gasteiger partial charge is 0.349 e. The summed E-state index contributed by atoms with van der Waals surface area (Å²) < 4.78 is 1.92. The monoisotopic (exact) mass is 433 g/mol. The molecular formula is C24H27N5O3. The van der Waals surface area contributed by atoms with Gasteiger partial charge in [0.1, 0.15) is 5.69 Å². The van der Waals surface area contributed by atoms with Crippen LogP contribution in [0.3, 0.4) is 0 Å². The minimum absolute atomic E-state index is 0.120. The zero-order valence-electron chi connectivity index (χ0n) is 18.1. The molecule has 2 aromatic carbocycles. The molecule has 32 heavy (non-hydrogen) atoms. The van der Waals surface area contributed by atoms with Crippen LogP contribution in [0.15, 0.2) is 54.6 Å². The molecule has 0 bridgehead atoms. The number of carbonyl (C=O) groups is 3. The molecule has 0 saturated carbocycles. The lowest BCUT2D eigenvalue weighted by atomic mass is 10.1. The highest BCUT2D eigenvalue weighted by molar-refractivity contribution is 6.01. The number of aromatic nitrogens is 1. The van der Waals surface area contributed by atoms with E-state index in [0.29, 0.717) is 30.4 Å². The smallest absolute Gasteiger partial charge is 0.319 e. The van der Waals surface area contributed by atoms with Crippen molar-refractivity contribution in [2.45, 2.75) is 26.3 Å². The summed E-state index contributed by atoms with van der Waals surface area (Å²) in [6.45, 7) is 5.01. The number of para-hydroxylation sites is 1. The predicted molar refractivity (Wildman–Crippen MR) is 125 cm³/mol. The Morgan fingerprint density at radius 1 is 1.06 bits per heavy atom. The van der Waals surface area contributed by atoms with Crippen molar-refractivity contribution in [3.8, 4) is 0 Å². The maximum absolute atomic E-state index is 12.6. The Kier molecular flexibility index (Phi) is 6.11. The SMILES string of the molecule is CC(C)CNC(=O)Nc1ccc2c(c1)cc1n2C(CC(=O)Nc2ccccc2)CNC1=O. The average Bonchev–Trinajstić information content (AvgIpc) is 3.15. The molecule has 1 atom stereocenters. The van der Waals surface area contributed by atoms with Crippen LogP contribution in [-0.4, -0.2) is 35.5 Å². The second-order valence-corrected chi connectivity index (χ2v) is 8.38. The van der Waals surface area contributed by atoms with Crippen molar-refractivity contribution in [1.82, 2.24) is 15.2 Å². The van der Waals surface area contributed by atoms with Gasteiger partial charge in [-0.3, -0.25) is 9.59 Å². The fourth-order valence-corrected chi connectivity index (χ4v) is 3.86. The van der Waals surface area contributed by atoms with Crippen molar-refractivity contribution >= 4 is 40.1 Å². The van der Waals surface area contributed by atoms with Gasteiger partial charge in [-0.2, -0.15) is 0 Å². The highest BCUT2D eigenvalue weighted by Gasteiger charge is 2.28. The lowest BCUT2D eigenvalue weighted by Gasteiger charge is -2.27. The maximum Gasteiger partial charge on any atom is 0.319 e. The van der Waals surface area contributed by atoms with Crippen LogP contribution >= 0.6 is 0 Å². The third-order valence-corrected chi connectivity index (χ3v) is 5.34. The molecule has 1 aliphatic rings. The van der Waals surface area contributed by atoms with E-state index in [2.05, 4.69) is 21.3 Å². The molecule has 2 heterocycles. The van der Waals surface area contributed by atoms with Crippen LogP contribution in [0.5, 0.6) is 0 Å². The summed E-state index contributed by atoms with van der Waals surface area (Å²) in [4.78, 5) is 37.2. The zero-order valence-corrected chi connectivity index (χ0v) is 18.1. The number of urea groups is 1. The van der Waals surface area contributed by atoms with E-state index in [1.807, 2.05) is 60.9 Å². The van der Waals surface area contributed by atoms with Crippen molar-refractivity contribution in [2.24, 2.45) is 5.92 Å². The number of hydrogen-bond donors (Lipinski definition) is 4. The Labute approximate surface area is 186 Å². The number of benzene rings is 2. The van der Waals surface area contributed by atoms with Crippen molar-refractivity contribution in [3.05, 3.63) is 60.3 Å². The molecule has 166 valence electrons. The molecule has 0 saturated heterocycles. The highest BCUT2D eigenvalue weighted by atomic mass is 16.2. The zero-order chi connectivity index (χ0) is 22.7. The van der Waals surface area contributed by atoms with Gasteiger partial charge in [0, 0.05) is 41.8 Å². The van der Waals surface area contributed by atoms with Gasteiger partial charge in [0.25, 0.3) is 5.91 Å². The van der Waals surface area contributed by atoms with Gasteiger partial charge in [-0.15, -0.1) is 0 Å². The van der Waals surface area contributed by atoms with E-state index in [4.69, 9.17) is 0 Å². The van der Waals surface area contributed by atoms with Crippen LogP contribution in [0.1, 0.15) is 36.8 Å². The predicted octanol–water partition coefficient (Wildman–Crippen LogP) is 3.73. The van der Waals surface area contributed by atoms with Gasteiger partial charge in [-0.25, -0.2) is 4.79 Å². The summed E-state index contributed by atoms with van der Waals surface area (Å²) in [6.07, 6.45) is 0.226. The summed E-state index contributed by atoms with van der Waals surface area (Å²) in [5.74, 6) is 0.0614.